The van der Waals surface area contributed by atoms with E-state index in [2.05, 4.69) is 19.6 Å². The Balaban J connectivity index is -0.000000231. The molecule has 0 rings (SSSR count). The first-order valence-corrected chi connectivity index (χ1v) is 10.9. The van der Waals surface area contributed by atoms with Gasteiger partial charge in [-0.1, -0.05) is 52.4 Å². The highest BCUT2D eigenvalue weighted by molar-refractivity contribution is 5.71. The summed E-state index contributed by atoms with van der Waals surface area (Å²) in [5, 5.41) is 17.6. The summed E-state index contributed by atoms with van der Waals surface area (Å²) in [7, 11) is 0. The van der Waals surface area contributed by atoms with Gasteiger partial charge in [-0.05, 0) is 25.7 Å². The lowest BCUT2D eigenvalue weighted by Gasteiger charge is -2.17. The molecule has 0 aromatic carbocycles. The minimum absolute atomic E-state index is 0. The summed E-state index contributed by atoms with van der Waals surface area (Å²) in [6.45, 7) is 9.72. The number of alkyl halides is 6. The van der Waals surface area contributed by atoms with Gasteiger partial charge in [0, 0.05) is 1.43 Å². The molecular weight excluding hydrogens is 446 g/mol. The van der Waals surface area contributed by atoms with E-state index in [0.717, 1.165) is 6.54 Å². The van der Waals surface area contributed by atoms with Gasteiger partial charge in [-0.2, -0.15) is 26.3 Å². The summed E-state index contributed by atoms with van der Waals surface area (Å²) in [6.07, 6.45) is 3.74. The van der Waals surface area contributed by atoms with E-state index in [4.69, 9.17) is 19.8 Å². The monoisotopic (exact) mass is 486 g/mol. The molecule has 196 valence electrons. The van der Waals surface area contributed by atoms with Crippen molar-refractivity contribution in [1.29, 1.82) is 0 Å². The quantitative estimate of drug-likeness (QED) is 0.281. The lowest BCUT2D eigenvalue weighted by atomic mass is 10.1. The molecule has 0 amide bonds. The van der Waals surface area contributed by atoms with Crippen molar-refractivity contribution >= 4 is 11.9 Å². The number of hydrogen-bond acceptors (Lipinski definition) is 4. The number of unbranched alkanes of at least 4 members (excludes halogenated alkanes) is 8. The van der Waals surface area contributed by atoms with Crippen LogP contribution in [0.3, 0.4) is 0 Å². The molecule has 4 N–H and O–H groups in total. The molecule has 0 atom stereocenters. The highest BCUT2D eigenvalue weighted by Gasteiger charge is 2.29. The lowest BCUT2D eigenvalue weighted by molar-refractivity contribution is -0.905. The molecule has 0 bridgehead atoms. The minimum Gasteiger partial charge on any atom is -0.542 e. The van der Waals surface area contributed by atoms with Crippen LogP contribution >= 0.6 is 0 Å². The van der Waals surface area contributed by atoms with E-state index < -0.39 is 24.3 Å². The Morgan fingerprint density at radius 2 is 0.969 bits per heavy atom. The fraction of sp³-hybridized carbons (Fsp3) is 0.900. The average molecular weight is 487 g/mol. The molecular formula is C20H40F6N2O4. The van der Waals surface area contributed by atoms with Crippen molar-refractivity contribution in [3.05, 3.63) is 0 Å². The summed E-state index contributed by atoms with van der Waals surface area (Å²) >= 11 is 0. The molecule has 0 aromatic rings. The van der Waals surface area contributed by atoms with Crippen LogP contribution in [0, 0.1) is 0 Å². The Hall–Kier alpha value is -1.56. The summed E-state index contributed by atoms with van der Waals surface area (Å²) in [4.78, 5) is 19.4. The van der Waals surface area contributed by atoms with Crippen LogP contribution in [0.2, 0.25) is 0 Å². The van der Waals surface area contributed by atoms with Crippen molar-refractivity contribution in [2.75, 3.05) is 26.2 Å². The van der Waals surface area contributed by atoms with Crippen LogP contribution in [0.25, 0.3) is 0 Å². The minimum atomic E-state index is -5.19. The van der Waals surface area contributed by atoms with Gasteiger partial charge in [0.25, 0.3) is 0 Å². The predicted octanol–water partition coefficient (Wildman–Crippen LogP) is 0.897. The van der Waals surface area contributed by atoms with Gasteiger partial charge in [0.1, 0.15) is 25.0 Å². The summed E-state index contributed by atoms with van der Waals surface area (Å²) in [6, 6.07) is 0. The van der Waals surface area contributed by atoms with E-state index in [-0.39, 0.29) is 1.43 Å². The van der Waals surface area contributed by atoms with Crippen molar-refractivity contribution in [2.45, 2.75) is 90.4 Å². The fourth-order valence-electron chi connectivity index (χ4n) is 2.58. The van der Waals surface area contributed by atoms with Crippen molar-refractivity contribution in [3.63, 3.8) is 0 Å². The van der Waals surface area contributed by atoms with Crippen LogP contribution in [0.1, 0.15) is 79.5 Å². The van der Waals surface area contributed by atoms with Crippen molar-refractivity contribution < 1.29 is 58.2 Å². The second-order valence-electron chi connectivity index (χ2n) is 7.25. The van der Waals surface area contributed by atoms with Gasteiger partial charge < -0.3 is 30.4 Å². The lowest BCUT2D eigenvalue weighted by Crippen LogP contribution is -3.13. The van der Waals surface area contributed by atoms with Crippen LogP contribution in [-0.4, -0.2) is 50.5 Å². The predicted molar refractivity (Wildman–Crippen MR) is 105 cm³/mol. The molecule has 12 heteroatoms. The standard InChI is InChI=1S/C16H36N2.2C2HF3O2.H2/c1-3-5-7-9-11-14-18(16-13-17)15-12-10-8-6-4-2;2*3-2(4,5)1(6)7;/h3-17H2,1-2H3;2*(H,6,7);1H. The molecule has 0 aliphatic rings. The number of carbonyl (C=O) groups is 2. The smallest absolute Gasteiger partial charge is 0.430 e. The van der Waals surface area contributed by atoms with Gasteiger partial charge >= 0.3 is 12.4 Å². The van der Waals surface area contributed by atoms with Crippen LogP contribution in [0.5, 0.6) is 0 Å². The molecule has 0 aromatic heterocycles. The second kappa shape index (κ2) is 21.3. The van der Waals surface area contributed by atoms with Crippen LogP contribution in [-0.2, 0) is 9.59 Å². The normalized spacial score (nSPS) is 11.3. The maximum atomic E-state index is 10.5. The molecule has 0 saturated carbocycles. The first kappa shape index (κ1) is 35.0. The third kappa shape index (κ3) is 28.4. The van der Waals surface area contributed by atoms with Gasteiger partial charge in [-0.15, -0.1) is 0 Å². The van der Waals surface area contributed by atoms with E-state index in [1.54, 1.807) is 4.90 Å². The van der Waals surface area contributed by atoms with E-state index in [0.29, 0.717) is 0 Å². The Labute approximate surface area is 187 Å². The number of halogens is 6. The number of carboxylic acids is 2. The summed E-state index contributed by atoms with van der Waals surface area (Å²) in [5.74, 6) is -6.01. The van der Waals surface area contributed by atoms with Crippen molar-refractivity contribution in [3.8, 4) is 0 Å². The van der Waals surface area contributed by atoms with Crippen LogP contribution < -0.4 is 20.8 Å². The van der Waals surface area contributed by atoms with Crippen LogP contribution in [0.15, 0.2) is 0 Å². The van der Waals surface area contributed by atoms with Crippen LogP contribution in [0.4, 0.5) is 26.3 Å². The average Bonchev–Trinajstić information content (AvgIpc) is 2.67. The van der Waals surface area contributed by atoms with E-state index in [9.17, 15) is 26.3 Å². The van der Waals surface area contributed by atoms with Gasteiger partial charge in [0.2, 0.25) is 0 Å². The topological polar surface area (TPSA) is 112 Å². The van der Waals surface area contributed by atoms with E-state index in [1.165, 1.54) is 83.8 Å². The number of carbonyl (C=O) groups excluding carboxylic acids is 2. The Morgan fingerprint density at radius 3 is 1.19 bits per heavy atom. The van der Waals surface area contributed by atoms with Gasteiger partial charge in [0.05, 0.1) is 13.1 Å². The van der Waals surface area contributed by atoms with E-state index in [1.807, 2.05) is 0 Å². The first-order valence-electron chi connectivity index (χ1n) is 10.9. The van der Waals surface area contributed by atoms with Crippen molar-refractivity contribution in [2.24, 2.45) is 0 Å². The molecule has 6 nitrogen and oxygen atoms in total. The van der Waals surface area contributed by atoms with Gasteiger partial charge in [-0.3, -0.25) is 0 Å². The zero-order valence-electron chi connectivity index (χ0n) is 19.0. The first-order chi connectivity index (χ1) is 14.7. The molecule has 0 aliphatic heterocycles. The third-order valence-electron chi connectivity index (χ3n) is 4.26. The maximum Gasteiger partial charge on any atom is 0.430 e. The molecule has 0 saturated heterocycles. The fourth-order valence-corrected chi connectivity index (χ4v) is 2.58. The van der Waals surface area contributed by atoms with Gasteiger partial charge in [0.15, 0.2) is 0 Å². The Kier molecular flexibility index (Phi) is 23.3. The highest BCUT2D eigenvalue weighted by atomic mass is 19.4. The zero-order valence-corrected chi connectivity index (χ0v) is 19.0. The molecule has 0 radical (unpaired) electrons. The number of carboxylic acid groups (broad SMARTS) is 2. The van der Waals surface area contributed by atoms with E-state index >= 15 is 0 Å². The Morgan fingerprint density at radius 1 is 0.688 bits per heavy atom. The molecule has 0 unspecified atom stereocenters. The molecule has 0 spiro atoms. The number of aliphatic carboxylic acids is 2. The number of quaternary nitrogens is 2. The van der Waals surface area contributed by atoms with Gasteiger partial charge in [-0.25, -0.2) is 0 Å². The second-order valence-corrected chi connectivity index (χ2v) is 7.25. The highest BCUT2D eigenvalue weighted by Crippen LogP contribution is 2.12. The number of rotatable bonds is 14. The molecule has 32 heavy (non-hydrogen) atoms. The molecule has 0 aliphatic carbocycles. The third-order valence-corrected chi connectivity index (χ3v) is 4.26. The molecule has 0 heterocycles. The largest absolute Gasteiger partial charge is 0.542 e. The molecule has 0 fully saturated rings. The number of hydrogen-bond donors (Lipinski definition) is 2. The van der Waals surface area contributed by atoms with Crippen molar-refractivity contribution in [1.82, 2.24) is 0 Å². The summed E-state index contributed by atoms with van der Waals surface area (Å²) < 4.78 is 63.1. The SMILES string of the molecule is CCCCCCC[NH+](CC[NH3+])CCCCCCC.O=C([O-])C(F)(F)F.O=C([O-])C(F)(F)F.[HH]. The Bertz CT molecular complexity index is 429. The zero-order chi connectivity index (χ0) is 25.6. The maximum absolute atomic E-state index is 10.5. The summed E-state index contributed by atoms with van der Waals surface area (Å²) in [5.41, 5.74) is 4.02. The number of nitrogens with one attached hydrogen (secondary N) is 1.